The van der Waals surface area contributed by atoms with Crippen LogP contribution in [0.3, 0.4) is 0 Å². The van der Waals surface area contributed by atoms with E-state index in [-0.39, 0.29) is 31.5 Å². The van der Waals surface area contributed by atoms with Gasteiger partial charge in [-0.15, -0.1) is 0 Å². The molecule has 1 heterocycles. The second-order valence-corrected chi connectivity index (χ2v) is 13.2. The summed E-state index contributed by atoms with van der Waals surface area (Å²) in [4.78, 5) is 57.0. The van der Waals surface area contributed by atoms with Gasteiger partial charge in [-0.05, 0) is 88.2 Å². The minimum atomic E-state index is -0.770. The molecule has 3 aromatic carbocycles. The lowest BCUT2D eigenvalue weighted by Crippen LogP contribution is -2.51. The van der Waals surface area contributed by atoms with Crippen molar-refractivity contribution < 1.29 is 47.6 Å². The minimum absolute atomic E-state index is 0.0271. The predicted molar refractivity (Wildman–Crippen MR) is 190 cm³/mol. The van der Waals surface area contributed by atoms with Crippen molar-refractivity contribution in [2.45, 2.75) is 51.4 Å². The van der Waals surface area contributed by atoms with Gasteiger partial charge in [0.2, 0.25) is 0 Å². The van der Waals surface area contributed by atoms with Crippen LogP contribution in [-0.2, 0) is 18.9 Å². The standard InChI is InChI=1S/C38H47N3O10/c1-38(2,3)51-37(45)41-20-8-9-33(31(22-41)39-35(43)26-14-17-29(18-15-26)48-23-46-6)50-36(44)27-12-10-25(11-13-27)34(42)30-21-28(40(4)5)16-19-32(30)49-24-47-7/h10-19,21,31,33H,8-9,20,22-24H2,1-7H3,(H,39,43)/t31-,33-/m1/s1. The maximum absolute atomic E-state index is 13.6. The van der Waals surface area contributed by atoms with E-state index < -0.39 is 35.7 Å². The van der Waals surface area contributed by atoms with E-state index in [1.165, 1.54) is 31.3 Å². The van der Waals surface area contributed by atoms with E-state index in [2.05, 4.69) is 5.32 Å². The SMILES string of the molecule is COCOc1ccc(C(=O)N[C@@H]2CN(C(=O)OC(C)(C)C)CCC[C@H]2OC(=O)c2ccc(C(=O)c3cc(N(C)C)ccc3OCOC)cc2)cc1. The Labute approximate surface area is 298 Å². The Morgan fingerprint density at radius 1 is 0.843 bits per heavy atom. The number of anilines is 1. The fraction of sp³-hybridized carbons (Fsp3) is 0.421. The van der Waals surface area contributed by atoms with Crippen molar-refractivity contribution in [3.05, 3.63) is 89.0 Å². The lowest BCUT2D eigenvalue weighted by molar-refractivity contribution is 0.0127. The quantitative estimate of drug-likeness (QED) is 0.141. The van der Waals surface area contributed by atoms with Crippen molar-refractivity contribution in [3.8, 4) is 11.5 Å². The number of carbonyl (C=O) groups excluding carboxylic acids is 4. The van der Waals surface area contributed by atoms with Crippen LogP contribution in [0.2, 0.25) is 0 Å². The number of hydrogen-bond acceptors (Lipinski definition) is 11. The second-order valence-electron chi connectivity index (χ2n) is 13.2. The molecule has 13 nitrogen and oxygen atoms in total. The van der Waals surface area contributed by atoms with E-state index in [4.69, 9.17) is 28.4 Å². The molecule has 0 aliphatic carbocycles. The number of benzene rings is 3. The first kappa shape index (κ1) is 38.7. The van der Waals surface area contributed by atoms with E-state index in [1.54, 1.807) is 69.3 Å². The van der Waals surface area contributed by atoms with Gasteiger partial charge in [-0.1, -0.05) is 12.1 Å². The predicted octanol–water partition coefficient (Wildman–Crippen LogP) is 5.30. The van der Waals surface area contributed by atoms with Crippen molar-refractivity contribution in [3.63, 3.8) is 0 Å². The first-order valence-electron chi connectivity index (χ1n) is 16.6. The highest BCUT2D eigenvalue weighted by Gasteiger charge is 2.35. The van der Waals surface area contributed by atoms with Crippen LogP contribution in [0.5, 0.6) is 11.5 Å². The molecule has 51 heavy (non-hydrogen) atoms. The molecule has 1 aliphatic heterocycles. The summed E-state index contributed by atoms with van der Waals surface area (Å²) in [6, 6.07) is 17.2. The highest BCUT2D eigenvalue weighted by Crippen LogP contribution is 2.28. The van der Waals surface area contributed by atoms with Crippen molar-refractivity contribution in [1.82, 2.24) is 10.2 Å². The van der Waals surface area contributed by atoms with Crippen LogP contribution >= 0.6 is 0 Å². The van der Waals surface area contributed by atoms with Crippen molar-refractivity contribution in [2.75, 3.05) is 59.9 Å². The highest BCUT2D eigenvalue weighted by molar-refractivity contribution is 6.11. The minimum Gasteiger partial charge on any atom is -0.468 e. The molecule has 1 fully saturated rings. The number of ether oxygens (including phenoxy) is 6. The Bertz CT molecular complexity index is 1650. The maximum Gasteiger partial charge on any atom is 0.410 e. The molecule has 0 aromatic heterocycles. The van der Waals surface area contributed by atoms with Gasteiger partial charge < -0.3 is 43.5 Å². The lowest BCUT2D eigenvalue weighted by atomic mass is 10.0. The van der Waals surface area contributed by atoms with Gasteiger partial charge in [0, 0.05) is 58.2 Å². The monoisotopic (exact) mass is 705 g/mol. The zero-order valence-electron chi connectivity index (χ0n) is 30.2. The molecule has 3 aromatic rings. The van der Waals surface area contributed by atoms with Crippen LogP contribution in [0.4, 0.5) is 10.5 Å². The molecule has 0 saturated carbocycles. The zero-order chi connectivity index (χ0) is 37.1. The summed E-state index contributed by atoms with van der Waals surface area (Å²) in [7, 11) is 6.75. The first-order valence-corrected chi connectivity index (χ1v) is 16.6. The van der Waals surface area contributed by atoms with Crippen LogP contribution in [-0.4, -0.2) is 101 Å². The number of hydrogen-bond donors (Lipinski definition) is 1. The number of carbonyl (C=O) groups is 4. The lowest BCUT2D eigenvalue weighted by Gasteiger charge is -2.30. The van der Waals surface area contributed by atoms with Gasteiger partial charge in [0.15, 0.2) is 19.4 Å². The Morgan fingerprint density at radius 3 is 2.10 bits per heavy atom. The molecule has 4 rings (SSSR count). The number of esters is 1. The van der Waals surface area contributed by atoms with Gasteiger partial charge in [0.05, 0.1) is 17.2 Å². The number of amides is 2. The molecular weight excluding hydrogens is 658 g/mol. The summed E-state index contributed by atoms with van der Waals surface area (Å²) < 4.78 is 32.6. The van der Waals surface area contributed by atoms with Crippen molar-refractivity contribution >= 4 is 29.4 Å². The molecule has 13 heteroatoms. The van der Waals surface area contributed by atoms with Crippen LogP contribution < -0.4 is 19.7 Å². The summed E-state index contributed by atoms with van der Waals surface area (Å²) in [6.07, 6.45) is -0.417. The van der Waals surface area contributed by atoms with Gasteiger partial charge in [-0.2, -0.15) is 0 Å². The van der Waals surface area contributed by atoms with Crippen LogP contribution in [0, 0.1) is 0 Å². The molecule has 274 valence electrons. The molecule has 0 spiro atoms. The summed E-state index contributed by atoms with van der Waals surface area (Å²) >= 11 is 0. The maximum atomic E-state index is 13.6. The average Bonchev–Trinajstić information content (AvgIpc) is 3.30. The smallest absolute Gasteiger partial charge is 0.410 e. The number of likely N-dealkylation sites (tertiary alicyclic amines) is 1. The molecule has 0 radical (unpaired) electrons. The molecule has 1 saturated heterocycles. The van der Waals surface area contributed by atoms with Crippen LogP contribution in [0.1, 0.15) is 70.3 Å². The number of nitrogens with one attached hydrogen (secondary N) is 1. The number of methoxy groups -OCH3 is 2. The molecule has 1 N–H and O–H groups in total. The van der Waals surface area contributed by atoms with E-state index in [1.807, 2.05) is 25.1 Å². The van der Waals surface area contributed by atoms with Crippen LogP contribution in [0.15, 0.2) is 66.7 Å². The summed E-state index contributed by atoms with van der Waals surface area (Å²) in [5, 5.41) is 2.97. The largest absolute Gasteiger partial charge is 0.468 e. The third-order valence-electron chi connectivity index (χ3n) is 7.91. The number of nitrogens with zero attached hydrogens (tertiary/aromatic N) is 2. The third-order valence-corrected chi connectivity index (χ3v) is 7.91. The topological polar surface area (TPSA) is 142 Å². The summed E-state index contributed by atoms with van der Waals surface area (Å²) in [5.74, 6) is -0.451. The second kappa shape index (κ2) is 17.7. The summed E-state index contributed by atoms with van der Waals surface area (Å²) in [5.41, 5.74) is 1.35. The normalized spacial score (nSPS) is 16.0. The Kier molecular flexibility index (Phi) is 13.4. The Balaban J connectivity index is 1.53. The van der Waals surface area contributed by atoms with Crippen molar-refractivity contribution in [2.24, 2.45) is 0 Å². The third kappa shape index (κ3) is 10.9. The molecule has 0 unspecified atom stereocenters. The zero-order valence-corrected chi connectivity index (χ0v) is 30.2. The van der Waals surface area contributed by atoms with Crippen LogP contribution in [0.25, 0.3) is 0 Å². The summed E-state index contributed by atoms with van der Waals surface area (Å²) in [6.45, 7) is 5.78. The molecule has 1 aliphatic rings. The van der Waals surface area contributed by atoms with E-state index in [9.17, 15) is 19.2 Å². The number of ketones is 1. The van der Waals surface area contributed by atoms with Gasteiger partial charge >= 0.3 is 12.1 Å². The van der Waals surface area contributed by atoms with E-state index in [0.29, 0.717) is 47.6 Å². The Morgan fingerprint density at radius 2 is 1.47 bits per heavy atom. The van der Waals surface area contributed by atoms with Crippen molar-refractivity contribution in [1.29, 1.82) is 0 Å². The Hall–Kier alpha value is -5.14. The fourth-order valence-corrected chi connectivity index (χ4v) is 5.32. The molecule has 2 amide bonds. The van der Waals surface area contributed by atoms with Gasteiger partial charge in [-0.3, -0.25) is 9.59 Å². The van der Waals surface area contributed by atoms with Gasteiger partial charge in [0.25, 0.3) is 5.91 Å². The fourth-order valence-electron chi connectivity index (χ4n) is 5.32. The number of rotatable bonds is 13. The van der Waals surface area contributed by atoms with Gasteiger partial charge in [-0.25, -0.2) is 9.59 Å². The highest BCUT2D eigenvalue weighted by atomic mass is 16.7. The molecular formula is C38H47N3O10. The van der Waals surface area contributed by atoms with Gasteiger partial charge in [0.1, 0.15) is 23.2 Å². The average molecular weight is 706 g/mol. The van der Waals surface area contributed by atoms with E-state index >= 15 is 0 Å². The molecule has 2 atom stereocenters. The first-order chi connectivity index (χ1) is 24.3. The molecule has 0 bridgehead atoms. The van der Waals surface area contributed by atoms with E-state index in [0.717, 1.165) is 5.69 Å².